The third-order valence-corrected chi connectivity index (χ3v) is 3.76. The van der Waals surface area contributed by atoms with Gasteiger partial charge in [0.25, 0.3) is 0 Å². The van der Waals surface area contributed by atoms with Gasteiger partial charge in [-0.25, -0.2) is 0 Å². The molecule has 1 rings (SSSR count). The summed E-state index contributed by atoms with van der Waals surface area (Å²) in [7, 11) is 0. The molecule has 0 unspecified atom stereocenters. The number of nitrogens with two attached hydrogens (primary N) is 1. The minimum Gasteiger partial charge on any atom is -0.324 e. The van der Waals surface area contributed by atoms with Crippen LogP contribution >= 0.6 is 11.8 Å². The summed E-state index contributed by atoms with van der Waals surface area (Å²) >= 11 is 1.94. The first kappa shape index (κ1) is 13.6. The van der Waals surface area contributed by atoms with Crippen LogP contribution in [0.3, 0.4) is 0 Å². The molecule has 0 aliphatic heterocycles. The van der Waals surface area contributed by atoms with E-state index < -0.39 is 0 Å². The minimum absolute atomic E-state index is 0.190. The molecule has 16 heavy (non-hydrogen) atoms. The van der Waals surface area contributed by atoms with E-state index in [1.165, 1.54) is 22.6 Å². The van der Waals surface area contributed by atoms with E-state index in [1.54, 1.807) is 0 Å². The van der Waals surface area contributed by atoms with E-state index in [-0.39, 0.29) is 6.04 Å². The van der Waals surface area contributed by atoms with Crippen LogP contribution in [0.4, 0.5) is 0 Å². The first-order chi connectivity index (χ1) is 7.63. The van der Waals surface area contributed by atoms with Gasteiger partial charge in [0.15, 0.2) is 0 Å². The van der Waals surface area contributed by atoms with Crippen molar-refractivity contribution >= 4 is 11.8 Å². The third kappa shape index (κ3) is 4.58. The van der Waals surface area contributed by atoms with Gasteiger partial charge in [-0.15, -0.1) is 11.8 Å². The Hall–Kier alpha value is -0.470. The molecular formula is C14H23NS. The third-order valence-electron chi connectivity index (χ3n) is 2.71. The number of hydrogen-bond acceptors (Lipinski definition) is 2. The van der Waals surface area contributed by atoms with E-state index in [9.17, 15) is 0 Å². The van der Waals surface area contributed by atoms with Gasteiger partial charge in [-0.05, 0) is 42.2 Å². The summed E-state index contributed by atoms with van der Waals surface area (Å²) in [6.45, 7) is 6.66. The molecule has 0 fully saturated rings. The smallest absolute Gasteiger partial charge is 0.0292 e. The molecule has 2 N–H and O–H groups in total. The van der Waals surface area contributed by atoms with Gasteiger partial charge in [0.2, 0.25) is 0 Å². The van der Waals surface area contributed by atoms with Crippen molar-refractivity contribution in [1.29, 1.82) is 0 Å². The predicted molar refractivity (Wildman–Crippen MR) is 73.8 cm³/mol. The second-order valence-corrected chi connectivity index (χ2v) is 5.78. The van der Waals surface area contributed by atoms with Gasteiger partial charge in [-0.3, -0.25) is 0 Å². The Morgan fingerprint density at radius 2 is 1.81 bits per heavy atom. The second-order valence-electron chi connectivity index (χ2n) is 4.61. The SMILES string of the molecule is CC[C@H](N)c1ccc(SCCC(C)C)cc1. The van der Waals surface area contributed by atoms with Crippen molar-refractivity contribution in [2.45, 2.75) is 44.6 Å². The first-order valence-electron chi connectivity index (χ1n) is 6.11. The normalized spacial score (nSPS) is 13.1. The topological polar surface area (TPSA) is 26.0 Å². The molecule has 0 bridgehead atoms. The highest BCUT2D eigenvalue weighted by Crippen LogP contribution is 2.23. The molecule has 1 atom stereocenters. The molecule has 0 spiro atoms. The summed E-state index contributed by atoms with van der Waals surface area (Å²) in [4.78, 5) is 1.35. The summed E-state index contributed by atoms with van der Waals surface area (Å²) in [5.41, 5.74) is 7.22. The fourth-order valence-electron chi connectivity index (χ4n) is 1.46. The Bertz CT molecular complexity index is 292. The van der Waals surface area contributed by atoms with Crippen molar-refractivity contribution in [3.63, 3.8) is 0 Å². The van der Waals surface area contributed by atoms with E-state index in [2.05, 4.69) is 45.0 Å². The Morgan fingerprint density at radius 1 is 1.19 bits per heavy atom. The van der Waals surface area contributed by atoms with Crippen molar-refractivity contribution in [3.05, 3.63) is 29.8 Å². The number of hydrogen-bond donors (Lipinski definition) is 1. The predicted octanol–water partition coefficient (Wildman–Crippen LogP) is 4.23. The lowest BCUT2D eigenvalue weighted by molar-refractivity contribution is 0.632. The van der Waals surface area contributed by atoms with Gasteiger partial charge in [0.05, 0.1) is 0 Å². The van der Waals surface area contributed by atoms with E-state index in [4.69, 9.17) is 5.73 Å². The zero-order chi connectivity index (χ0) is 12.0. The number of benzene rings is 1. The van der Waals surface area contributed by atoms with Gasteiger partial charge in [0, 0.05) is 10.9 Å². The lowest BCUT2D eigenvalue weighted by atomic mass is 10.1. The van der Waals surface area contributed by atoms with Crippen molar-refractivity contribution < 1.29 is 0 Å². The van der Waals surface area contributed by atoms with Crippen molar-refractivity contribution in [3.8, 4) is 0 Å². The molecule has 1 nitrogen and oxygen atoms in total. The monoisotopic (exact) mass is 237 g/mol. The van der Waals surface area contributed by atoms with Crippen LogP contribution in [0, 0.1) is 5.92 Å². The maximum Gasteiger partial charge on any atom is 0.0292 e. The molecule has 0 aromatic heterocycles. The Balaban J connectivity index is 2.45. The molecule has 0 heterocycles. The Kier molecular flexibility index (Phi) is 5.93. The van der Waals surface area contributed by atoms with Crippen LogP contribution in [-0.4, -0.2) is 5.75 Å². The molecule has 0 amide bonds. The van der Waals surface area contributed by atoms with Gasteiger partial charge < -0.3 is 5.73 Å². The highest BCUT2D eigenvalue weighted by atomic mass is 32.2. The van der Waals surface area contributed by atoms with Gasteiger partial charge in [0.1, 0.15) is 0 Å². The van der Waals surface area contributed by atoms with Crippen molar-refractivity contribution in [1.82, 2.24) is 0 Å². The maximum absolute atomic E-state index is 5.98. The molecule has 0 aliphatic carbocycles. The number of rotatable bonds is 6. The average Bonchev–Trinajstić information content (AvgIpc) is 2.28. The Labute approximate surface area is 104 Å². The van der Waals surface area contributed by atoms with E-state index in [0.717, 1.165) is 12.3 Å². The molecule has 1 aromatic rings. The summed E-state index contributed by atoms with van der Waals surface area (Å²) < 4.78 is 0. The lowest BCUT2D eigenvalue weighted by Gasteiger charge is -2.10. The molecular weight excluding hydrogens is 214 g/mol. The Morgan fingerprint density at radius 3 is 2.31 bits per heavy atom. The van der Waals surface area contributed by atoms with Crippen molar-refractivity contribution in [2.75, 3.05) is 5.75 Å². The lowest BCUT2D eigenvalue weighted by Crippen LogP contribution is -2.07. The summed E-state index contributed by atoms with van der Waals surface area (Å²) in [5, 5.41) is 0. The van der Waals surface area contributed by atoms with Crippen LogP contribution in [0.25, 0.3) is 0 Å². The maximum atomic E-state index is 5.98. The second kappa shape index (κ2) is 6.97. The highest BCUT2D eigenvalue weighted by Gasteiger charge is 2.03. The van der Waals surface area contributed by atoms with Crippen LogP contribution in [0.5, 0.6) is 0 Å². The fourth-order valence-corrected chi connectivity index (χ4v) is 2.61. The fraction of sp³-hybridized carbons (Fsp3) is 0.571. The van der Waals surface area contributed by atoms with Gasteiger partial charge in [-0.1, -0.05) is 32.9 Å². The van der Waals surface area contributed by atoms with E-state index in [0.29, 0.717) is 0 Å². The van der Waals surface area contributed by atoms with Crippen LogP contribution < -0.4 is 5.73 Å². The van der Waals surface area contributed by atoms with E-state index >= 15 is 0 Å². The van der Waals surface area contributed by atoms with Crippen LogP contribution in [-0.2, 0) is 0 Å². The van der Waals surface area contributed by atoms with Crippen LogP contribution in [0.2, 0.25) is 0 Å². The average molecular weight is 237 g/mol. The van der Waals surface area contributed by atoms with E-state index in [1.807, 2.05) is 11.8 Å². The zero-order valence-corrected chi connectivity index (χ0v) is 11.4. The molecule has 2 heteroatoms. The summed E-state index contributed by atoms with van der Waals surface area (Å²) in [6, 6.07) is 8.89. The summed E-state index contributed by atoms with van der Waals surface area (Å²) in [6.07, 6.45) is 2.28. The highest BCUT2D eigenvalue weighted by molar-refractivity contribution is 7.99. The molecule has 0 saturated carbocycles. The summed E-state index contributed by atoms with van der Waals surface area (Å²) in [5.74, 6) is 2.00. The molecule has 1 aromatic carbocycles. The van der Waals surface area contributed by atoms with Crippen molar-refractivity contribution in [2.24, 2.45) is 11.7 Å². The largest absolute Gasteiger partial charge is 0.324 e. The number of thioether (sulfide) groups is 1. The quantitative estimate of drug-likeness (QED) is 0.749. The first-order valence-corrected chi connectivity index (χ1v) is 7.10. The molecule has 0 aliphatic rings. The van der Waals surface area contributed by atoms with Gasteiger partial charge >= 0.3 is 0 Å². The standard InChI is InChI=1S/C14H23NS/c1-4-14(15)12-5-7-13(8-6-12)16-10-9-11(2)3/h5-8,11,14H,4,9-10,15H2,1-3H3/t14-/m0/s1. The van der Waals surface area contributed by atoms with Crippen LogP contribution in [0.15, 0.2) is 29.2 Å². The molecule has 0 radical (unpaired) electrons. The molecule has 90 valence electrons. The van der Waals surface area contributed by atoms with Crippen LogP contribution in [0.1, 0.15) is 45.2 Å². The van der Waals surface area contributed by atoms with Gasteiger partial charge in [-0.2, -0.15) is 0 Å². The zero-order valence-electron chi connectivity index (χ0n) is 10.6. The molecule has 0 saturated heterocycles. The minimum atomic E-state index is 0.190.